The van der Waals surface area contributed by atoms with Crippen molar-refractivity contribution in [3.05, 3.63) is 58.1 Å². The summed E-state index contributed by atoms with van der Waals surface area (Å²) in [5.74, 6) is 0.452. The summed E-state index contributed by atoms with van der Waals surface area (Å²) in [6.07, 6.45) is 0.872. The van der Waals surface area contributed by atoms with Crippen molar-refractivity contribution in [1.82, 2.24) is 10.2 Å². The Morgan fingerprint density at radius 3 is 2.56 bits per heavy atom. The average Bonchev–Trinajstić information content (AvgIpc) is 3.47. The van der Waals surface area contributed by atoms with Crippen LogP contribution in [-0.4, -0.2) is 53.9 Å². The third-order valence-corrected chi connectivity index (χ3v) is 7.28. The molecule has 1 saturated heterocycles. The second-order valence-corrected chi connectivity index (χ2v) is 10.7. The van der Waals surface area contributed by atoms with Crippen molar-refractivity contribution in [2.24, 2.45) is 5.92 Å². The van der Waals surface area contributed by atoms with E-state index in [0.717, 1.165) is 6.42 Å². The first-order chi connectivity index (χ1) is 18.8. The Morgan fingerprint density at radius 2 is 1.87 bits per heavy atom. The molecule has 2 aromatic carbocycles. The van der Waals surface area contributed by atoms with Gasteiger partial charge in [-0.2, -0.15) is 0 Å². The summed E-state index contributed by atoms with van der Waals surface area (Å²) < 4.78 is 22.8. The van der Waals surface area contributed by atoms with Crippen molar-refractivity contribution in [3.63, 3.8) is 0 Å². The molecule has 2 aliphatic rings. The van der Waals surface area contributed by atoms with E-state index < -0.39 is 17.7 Å². The van der Waals surface area contributed by atoms with E-state index in [4.69, 9.17) is 18.9 Å². The van der Waals surface area contributed by atoms with E-state index in [-0.39, 0.29) is 16.5 Å². The standard InChI is InChI=1S/C28H29N3O7S/c1-15(2)9-10-36-19-7-5-17(13-21(19)35-4)24-23(26(33)27(34)31(24)28-30-29-16(3)39-28)25(32)18-6-8-20-22(14-18)38-12-11-37-20/h5-8,13-15,24,32H,9-12H2,1-4H3. The van der Waals surface area contributed by atoms with E-state index in [1.54, 1.807) is 43.3 Å². The summed E-state index contributed by atoms with van der Waals surface area (Å²) in [6, 6.07) is 9.09. The van der Waals surface area contributed by atoms with Gasteiger partial charge in [0.15, 0.2) is 23.0 Å². The molecule has 1 amide bonds. The smallest absolute Gasteiger partial charge is 0.301 e. The van der Waals surface area contributed by atoms with Crippen LogP contribution in [0.15, 0.2) is 42.0 Å². The zero-order valence-corrected chi connectivity index (χ0v) is 22.9. The second kappa shape index (κ2) is 10.9. The molecule has 2 aliphatic heterocycles. The number of anilines is 1. The molecule has 3 heterocycles. The summed E-state index contributed by atoms with van der Waals surface area (Å²) in [4.78, 5) is 28.1. The topological polar surface area (TPSA) is 120 Å². The van der Waals surface area contributed by atoms with Gasteiger partial charge in [-0.25, -0.2) is 0 Å². The van der Waals surface area contributed by atoms with Crippen LogP contribution in [0, 0.1) is 12.8 Å². The minimum absolute atomic E-state index is 0.0833. The van der Waals surface area contributed by atoms with Gasteiger partial charge in [0.2, 0.25) is 5.13 Å². The first kappa shape index (κ1) is 26.5. The normalized spacial score (nSPS) is 18.1. The number of ether oxygens (including phenoxy) is 4. The molecule has 0 aliphatic carbocycles. The van der Waals surface area contributed by atoms with Gasteiger partial charge in [0.1, 0.15) is 24.0 Å². The molecule has 1 fully saturated rings. The second-order valence-electron chi connectivity index (χ2n) is 9.57. The van der Waals surface area contributed by atoms with E-state index in [1.165, 1.54) is 23.3 Å². The van der Waals surface area contributed by atoms with Crippen LogP contribution in [0.3, 0.4) is 0 Å². The number of ketones is 1. The minimum atomic E-state index is -0.982. The number of amides is 1. The van der Waals surface area contributed by atoms with Crippen LogP contribution in [0.5, 0.6) is 23.0 Å². The van der Waals surface area contributed by atoms with Crippen LogP contribution in [0.2, 0.25) is 0 Å². The molecular formula is C28H29N3O7S. The third kappa shape index (κ3) is 5.14. The number of carbonyl (C=O) groups excluding carboxylic acids is 2. The van der Waals surface area contributed by atoms with Crippen molar-refractivity contribution in [2.75, 3.05) is 31.8 Å². The number of fused-ring (bicyclic) bond motifs is 1. The zero-order chi connectivity index (χ0) is 27.7. The first-order valence-electron chi connectivity index (χ1n) is 12.6. The number of nitrogens with zero attached hydrogens (tertiary/aromatic N) is 3. The molecule has 1 unspecified atom stereocenters. The number of aromatic nitrogens is 2. The van der Waals surface area contributed by atoms with Gasteiger partial charge in [0.05, 0.1) is 25.3 Å². The number of methoxy groups -OCH3 is 1. The van der Waals surface area contributed by atoms with Crippen LogP contribution in [-0.2, 0) is 9.59 Å². The van der Waals surface area contributed by atoms with Gasteiger partial charge in [0.25, 0.3) is 5.78 Å². The summed E-state index contributed by atoms with van der Waals surface area (Å²) in [5, 5.41) is 20.5. The predicted octanol–water partition coefficient (Wildman–Crippen LogP) is 4.68. The number of hydrogen-bond acceptors (Lipinski definition) is 10. The molecule has 3 aromatic rings. The molecule has 10 nitrogen and oxygen atoms in total. The number of aliphatic hydroxyl groups excluding tert-OH is 1. The number of aryl methyl sites for hydroxylation is 1. The van der Waals surface area contributed by atoms with Crippen LogP contribution in [0.1, 0.15) is 42.4 Å². The van der Waals surface area contributed by atoms with E-state index >= 15 is 0 Å². The first-order valence-corrected chi connectivity index (χ1v) is 13.4. The van der Waals surface area contributed by atoms with E-state index in [1.807, 2.05) is 0 Å². The molecule has 0 saturated carbocycles. The molecule has 0 spiro atoms. The van der Waals surface area contributed by atoms with Crippen molar-refractivity contribution in [2.45, 2.75) is 33.2 Å². The maximum Gasteiger partial charge on any atom is 0.301 e. The Balaban J connectivity index is 1.62. The molecule has 1 atom stereocenters. The number of rotatable bonds is 8. The number of carbonyl (C=O) groups is 2. The molecule has 1 N–H and O–H groups in total. The van der Waals surface area contributed by atoms with Crippen molar-refractivity contribution in [1.29, 1.82) is 0 Å². The van der Waals surface area contributed by atoms with Crippen LogP contribution in [0.4, 0.5) is 5.13 Å². The van der Waals surface area contributed by atoms with Gasteiger partial charge < -0.3 is 24.1 Å². The molecule has 39 heavy (non-hydrogen) atoms. The molecule has 1 aromatic heterocycles. The van der Waals surface area contributed by atoms with E-state index in [9.17, 15) is 14.7 Å². The lowest BCUT2D eigenvalue weighted by Gasteiger charge is -2.24. The third-order valence-electron chi connectivity index (χ3n) is 6.44. The van der Waals surface area contributed by atoms with E-state index in [2.05, 4.69) is 24.0 Å². The van der Waals surface area contributed by atoms with Crippen molar-refractivity contribution in [3.8, 4) is 23.0 Å². The summed E-state index contributed by atoms with van der Waals surface area (Å²) in [6.45, 7) is 7.29. The van der Waals surface area contributed by atoms with E-state index in [0.29, 0.717) is 64.9 Å². The lowest BCUT2D eigenvalue weighted by atomic mass is 9.95. The fourth-order valence-corrected chi connectivity index (χ4v) is 5.17. The SMILES string of the molecule is COc1cc(C2C(=C(O)c3ccc4c(c3)OCCO4)C(=O)C(=O)N2c2nnc(C)s2)ccc1OCCC(C)C. The highest BCUT2D eigenvalue weighted by Crippen LogP contribution is 2.45. The minimum Gasteiger partial charge on any atom is -0.507 e. The monoisotopic (exact) mass is 551 g/mol. The highest BCUT2D eigenvalue weighted by atomic mass is 32.1. The van der Waals surface area contributed by atoms with Gasteiger partial charge in [-0.05, 0) is 55.2 Å². The average molecular weight is 552 g/mol. The number of benzene rings is 2. The summed E-state index contributed by atoms with van der Waals surface area (Å²) in [5.41, 5.74) is 0.769. The fourth-order valence-electron chi connectivity index (χ4n) is 4.45. The summed E-state index contributed by atoms with van der Waals surface area (Å²) in [7, 11) is 1.52. The molecule has 0 bridgehead atoms. The highest BCUT2D eigenvalue weighted by molar-refractivity contribution is 7.15. The Bertz CT molecular complexity index is 1450. The lowest BCUT2D eigenvalue weighted by molar-refractivity contribution is -0.132. The maximum atomic E-state index is 13.4. The number of Topliss-reactive ketones (excluding diaryl/α,β-unsaturated/α-hetero) is 1. The summed E-state index contributed by atoms with van der Waals surface area (Å²) >= 11 is 1.18. The molecular weight excluding hydrogens is 522 g/mol. The van der Waals surface area contributed by atoms with Gasteiger partial charge in [0, 0.05) is 5.56 Å². The Labute approximate surface area is 229 Å². The molecule has 204 valence electrons. The van der Waals surface area contributed by atoms with Gasteiger partial charge in [-0.3, -0.25) is 14.5 Å². The highest BCUT2D eigenvalue weighted by Gasteiger charge is 2.48. The molecule has 0 radical (unpaired) electrons. The number of hydrogen-bond donors (Lipinski definition) is 1. The lowest BCUT2D eigenvalue weighted by Crippen LogP contribution is -2.29. The number of aliphatic hydroxyl groups is 1. The van der Waals surface area contributed by atoms with Crippen LogP contribution >= 0.6 is 11.3 Å². The predicted molar refractivity (Wildman–Crippen MR) is 145 cm³/mol. The zero-order valence-electron chi connectivity index (χ0n) is 22.1. The quantitative estimate of drug-likeness (QED) is 0.242. The Morgan fingerprint density at radius 1 is 1.10 bits per heavy atom. The Kier molecular flexibility index (Phi) is 7.42. The van der Waals surface area contributed by atoms with Crippen LogP contribution in [0.25, 0.3) is 5.76 Å². The molecule has 11 heteroatoms. The maximum absolute atomic E-state index is 13.4. The largest absolute Gasteiger partial charge is 0.507 e. The molecule has 5 rings (SSSR count). The van der Waals surface area contributed by atoms with Gasteiger partial charge in [-0.1, -0.05) is 31.3 Å². The van der Waals surface area contributed by atoms with Gasteiger partial charge >= 0.3 is 5.91 Å². The fraction of sp³-hybridized carbons (Fsp3) is 0.357. The van der Waals surface area contributed by atoms with Crippen molar-refractivity contribution >= 4 is 33.9 Å². The Hall–Kier alpha value is -4.12. The van der Waals surface area contributed by atoms with Crippen LogP contribution < -0.4 is 23.8 Å². The van der Waals surface area contributed by atoms with Crippen molar-refractivity contribution < 1.29 is 33.6 Å². The van der Waals surface area contributed by atoms with Gasteiger partial charge in [-0.15, -0.1) is 10.2 Å².